The van der Waals surface area contributed by atoms with Crippen molar-refractivity contribution in [1.29, 1.82) is 5.26 Å². The van der Waals surface area contributed by atoms with Crippen LogP contribution in [0.1, 0.15) is 30.8 Å². The van der Waals surface area contributed by atoms with Crippen LogP contribution >= 0.6 is 19.4 Å². The van der Waals surface area contributed by atoms with E-state index in [9.17, 15) is 14.6 Å². The fraction of sp³-hybridized carbons (Fsp3) is 0.304. The summed E-state index contributed by atoms with van der Waals surface area (Å²) in [6, 6.07) is 20.4. The lowest BCUT2D eigenvalue weighted by atomic mass is 10.2. The molecule has 0 fully saturated rings. The molecule has 0 saturated carbocycles. The number of thioether (sulfide) groups is 1. The first-order valence-electron chi connectivity index (χ1n) is 10.2. The molecule has 7 nitrogen and oxygen atoms in total. The lowest BCUT2D eigenvalue weighted by Crippen LogP contribution is -2.29. The van der Waals surface area contributed by atoms with Gasteiger partial charge in [0.25, 0.3) is 5.91 Å². The van der Waals surface area contributed by atoms with E-state index in [4.69, 9.17) is 9.05 Å². The molecule has 1 atom stereocenters. The maximum atomic E-state index is 13.6. The van der Waals surface area contributed by atoms with Crippen LogP contribution in [0, 0.1) is 11.3 Å². The molecule has 0 spiro atoms. The van der Waals surface area contributed by atoms with Crippen molar-refractivity contribution in [3.8, 4) is 6.07 Å². The zero-order valence-corrected chi connectivity index (χ0v) is 20.1. The fourth-order valence-corrected chi connectivity index (χ4v) is 5.54. The largest absolute Gasteiger partial charge is 0.361 e. The van der Waals surface area contributed by atoms with Crippen LogP contribution in [-0.2, 0) is 25.0 Å². The highest BCUT2D eigenvalue weighted by atomic mass is 32.2. The van der Waals surface area contributed by atoms with Crippen LogP contribution in [0.5, 0.6) is 0 Å². The van der Waals surface area contributed by atoms with Gasteiger partial charge in [0.1, 0.15) is 11.6 Å². The van der Waals surface area contributed by atoms with E-state index >= 15 is 0 Å². The van der Waals surface area contributed by atoms with Crippen LogP contribution in [0.3, 0.4) is 0 Å². The van der Waals surface area contributed by atoms with Gasteiger partial charge in [-0.3, -0.25) is 9.36 Å². The maximum Gasteiger partial charge on any atom is 0.357 e. The molecule has 0 heterocycles. The zero-order chi connectivity index (χ0) is 23.4. The lowest BCUT2D eigenvalue weighted by molar-refractivity contribution is -0.117. The summed E-state index contributed by atoms with van der Waals surface area (Å²) in [6.07, 6.45) is 1.73. The Kier molecular flexibility index (Phi) is 10.5. The summed E-state index contributed by atoms with van der Waals surface area (Å²) in [5.74, 6) is -1.42. The van der Waals surface area contributed by atoms with Crippen molar-refractivity contribution in [3.05, 3.63) is 82.4 Å². The second kappa shape index (κ2) is 13.1. The predicted molar refractivity (Wildman–Crippen MR) is 128 cm³/mol. The first-order chi connectivity index (χ1) is 15.5. The number of nitrogens with zero attached hydrogens (tertiary/aromatic N) is 1. The topological polar surface area (TPSA) is 100 Å². The predicted octanol–water partition coefficient (Wildman–Crippen LogP) is 4.96. The summed E-state index contributed by atoms with van der Waals surface area (Å²) in [5, 5.41) is 15.9. The SMILES string of the molecule is CCOP(=O)(OCC)C(N/C(SC)=C(/C#N)C(=O)NCc1ccccc1)c1ccccc1. The number of hydrogen-bond donors (Lipinski definition) is 2. The van der Waals surface area contributed by atoms with Gasteiger partial charge >= 0.3 is 7.60 Å². The minimum absolute atomic E-state index is 0.103. The Morgan fingerprint density at radius 2 is 1.62 bits per heavy atom. The summed E-state index contributed by atoms with van der Waals surface area (Å²) in [6.45, 7) is 4.12. The molecule has 2 N–H and O–H groups in total. The second-order valence-corrected chi connectivity index (χ2v) is 9.45. The van der Waals surface area contributed by atoms with Crippen LogP contribution in [-0.4, -0.2) is 25.4 Å². The van der Waals surface area contributed by atoms with E-state index in [2.05, 4.69) is 10.6 Å². The third-order valence-corrected chi connectivity index (χ3v) is 7.41. The molecule has 170 valence electrons. The van der Waals surface area contributed by atoms with E-state index in [1.807, 2.05) is 54.6 Å². The van der Waals surface area contributed by atoms with Gasteiger partial charge in [-0.25, -0.2) is 0 Å². The Hall–Kier alpha value is -2.56. The average molecular weight is 474 g/mol. The molecule has 1 amide bonds. The van der Waals surface area contributed by atoms with Gasteiger partial charge in [-0.2, -0.15) is 5.26 Å². The second-order valence-electron chi connectivity index (χ2n) is 6.52. The number of benzene rings is 2. The van der Waals surface area contributed by atoms with E-state index in [0.717, 1.165) is 5.56 Å². The van der Waals surface area contributed by atoms with Gasteiger partial charge in [0.15, 0.2) is 5.78 Å². The van der Waals surface area contributed by atoms with Crippen molar-refractivity contribution in [2.24, 2.45) is 0 Å². The maximum absolute atomic E-state index is 13.6. The van der Waals surface area contributed by atoms with Crippen LogP contribution in [0.25, 0.3) is 0 Å². The van der Waals surface area contributed by atoms with Gasteiger partial charge < -0.3 is 19.7 Å². The third-order valence-electron chi connectivity index (χ3n) is 4.38. The van der Waals surface area contributed by atoms with E-state index in [1.54, 1.807) is 32.2 Å². The molecule has 0 bridgehead atoms. The standard InChI is InChI=1S/C23H28N3O4PS/c1-4-29-31(28,30-5-2)22(19-14-10-7-11-15-19)26-23(32-3)20(16-24)21(27)25-17-18-12-8-6-9-13-18/h6-15,22,26H,4-5,17H2,1-3H3,(H,25,27)/b23-20+. The molecule has 0 aliphatic rings. The highest BCUT2D eigenvalue weighted by molar-refractivity contribution is 8.02. The van der Waals surface area contributed by atoms with Crippen LogP contribution < -0.4 is 10.6 Å². The number of nitriles is 1. The molecule has 2 aromatic carbocycles. The molecule has 0 saturated heterocycles. The lowest BCUT2D eigenvalue weighted by Gasteiger charge is -2.29. The quantitative estimate of drug-likeness (QED) is 0.255. The molecule has 2 aromatic rings. The van der Waals surface area contributed by atoms with Gasteiger partial charge in [-0.05, 0) is 31.2 Å². The third kappa shape index (κ3) is 6.98. The van der Waals surface area contributed by atoms with Gasteiger partial charge in [0, 0.05) is 6.54 Å². The summed E-state index contributed by atoms with van der Waals surface area (Å²) in [7, 11) is -3.66. The van der Waals surface area contributed by atoms with E-state index in [0.29, 0.717) is 5.56 Å². The van der Waals surface area contributed by atoms with E-state index < -0.39 is 19.3 Å². The van der Waals surface area contributed by atoms with Gasteiger partial charge in [0.05, 0.1) is 18.2 Å². The molecular weight excluding hydrogens is 445 g/mol. The Balaban J connectivity index is 2.38. The Bertz CT molecular complexity index is 983. The zero-order valence-electron chi connectivity index (χ0n) is 18.4. The number of hydrogen-bond acceptors (Lipinski definition) is 7. The molecular formula is C23H28N3O4PS. The van der Waals surface area contributed by atoms with Crippen molar-refractivity contribution in [3.63, 3.8) is 0 Å². The van der Waals surface area contributed by atoms with Crippen molar-refractivity contribution < 1.29 is 18.4 Å². The summed E-state index contributed by atoms with van der Waals surface area (Å²) >= 11 is 1.18. The molecule has 0 radical (unpaired) electrons. The first kappa shape index (κ1) is 25.7. The number of carbonyl (C=O) groups excluding carboxylic acids is 1. The first-order valence-corrected chi connectivity index (χ1v) is 13.0. The fourth-order valence-electron chi connectivity index (χ4n) is 2.96. The van der Waals surface area contributed by atoms with Crippen molar-refractivity contribution in [2.45, 2.75) is 26.2 Å². The highest BCUT2D eigenvalue weighted by Gasteiger charge is 2.38. The minimum Gasteiger partial charge on any atom is -0.361 e. The molecule has 2 rings (SSSR count). The number of amides is 1. The summed E-state index contributed by atoms with van der Waals surface area (Å²) in [4.78, 5) is 12.8. The Labute approximate surface area is 193 Å². The molecule has 1 unspecified atom stereocenters. The number of rotatable bonds is 12. The van der Waals surface area contributed by atoms with Crippen molar-refractivity contribution in [2.75, 3.05) is 19.5 Å². The van der Waals surface area contributed by atoms with E-state index in [-0.39, 0.29) is 30.4 Å². The molecule has 32 heavy (non-hydrogen) atoms. The summed E-state index contributed by atoms with van der Waals surface area (Å²) in [5.41, 5.74) is 1.47. The van der Waals surface area contributed by atoms with Gasteiger partial charge in [-0.1, -0.05) is 60.7 Å². The van der Waals surface area contributed by atoms with E-state index in [1.165, 1.54) is 11.8 Å². The number of nitrogens with one attached hydrogen (secondary N) is 2. The summed E-state index contributed by atoms with van der Waals surface area (Å²) < 4.78 is 24.8. The Morgan fingerprint density at radius 3 is 2.12 bits per heavy atom. The number of carbonyl (C=O) groups is 1. The van der Waals surface area contributed by atoms with Crippen molar-refractivity contribution in [1.82, 2.24) is 10.6 Å². The molecule has 0 aromatic heterocycles. The van der Waals surface area contributed by atoms with Gasteiger partial charge in [-0.15, -0.1) is 11.8 Å². The molecule has 0 aliphatic carbocycles. The molecule has 0 aliphatic heterocycles. The minimum atomic E-state index is -3.66. The van der Waals surface area contributed by atoms with Crippen LogP contribution in [0.4, 0.5) is 0 Å². The monoisotopic (exact) mass is 473 g/mol. The molecule has 9 heteroatoms. The average Bonchev–Trinajstić information content (AvgIpc) is 2.81. The van der Waals surface area contributed by atoms with Crippen molar-refractivity contribution >= 4 is 25.3 Å². The van der Waals surface area contributed by atoms with Gasteiger partial charge in [0.2, 0.25) is 0 Å². The smallest absolute Gasteiger partial charge is 0.357 e. The van der Waals surface area contributed by atoms with Crippen LogP contribution in [0.15, 0.2) is 71.3 Å². The normalized spacial score (nSPS) is 12.9. The Morgan fingerprint density at radius 1 is 1.06 bits per heavy atom. The highest BCUT2D eigenvalue weighted by Crippen LogP contribution is 2.60. The van der Waals surface area contributed by atoms with Crippen LogP contribution in [0.2, 0.25) is 0 Å².